The maximum atomic E-state index is 13.7. The molecular weight excluding hydrogens is 456 g/mol. The van der Waals surface area contributed by atoms with Crippen molar-refractivity contribution in [2.45, 2.75) is 52.6 Å². The summed E-state index contributed by atoms with van der Waals surface area (Å²) in [7, 11) is 0. The van der Waals surface area contributed by atoms with Crippen molar-refractivity contribution in [2.75, 3.05) is 6.54 Å². The maximum absolute atomic E-state index is 13.7. The van der Waals surface area contributed by atoms with Crippen LogP contribution in [0.1, 0.15) is 42.5 Å². The minimum atomic E-state index is -0.641. The molecule has 0 bridgehead atoms. The van der Waals surface area contributed by atoms with E-state index in [1.54, 1.807) is 4.90 Å². The Bertz CT molecular complexity index is 1100. The fourth-order valence-electron chi connectivity index (χ4n) is 3.94. The highest BCUT2D eigenvalue weighted by atomic mass is 35.5. The van der Waals surface area contributed by atoms with Gasteiger partial charge in [0.15, 0.2) is 0 Å². The lowest BCUT2D eigenvalue weighted by atomic mass is 10.0. The molecule has 0 unspecified atom stereocenters. The van der Waals surface area contributed by atoms with Gasteiger partial charge in [0.05, 0.1) is 0 Å². The molecule has 0 aliphatic carbocycles. The zero-order valence-electron chi connectivity index (χ0n) is 20.8. The number of halogens is 1. The lowest BCUT2D eigenvalue weighted by molar-refractivity contribution is -0.141. The fraction of sp³-hybridized carbons (Fsp3) is 0.333. The Morgan fingerprint density at radius 2 is 1.54 bits per heavy atom. The molecule has 3 aromatic carbocycles. The predicted molar refractivity (Wildman–Crippen MR) is 143 cm³/mol. The fourth-order valence-corrected chi connectivity index (χ4v) is 4.13. The summed E-state index contributed by atoms with van der Waals surface area (Å²) in [5, 5.41) is 3.64. The van der Waals surface area contributed by atoms with Crippen LogP contribution in [0.2, 0.25) is 5.02 Å². The van der Waals surface area contributed by atoms with E-state index >= 15 is 0 Å². The van der Waals surface area contributed by atoms with Crippen LogP contribution < -0.4 is 5.32 Å². The van der Waals surface area contributed by atoms with Gasteiger partial charge < -0.3 is 10.2 Å². The van der Waals surface area contributed by atoms with Gasteiger partial charge in [0, 0.05) is 31.0 Å². The normalized spacial score (nSPS) is 11.8. The van der Waals surface area contributed by atoms with Gasteiger partial charge in [0.2, 0.25) is 11.8 Å². The predicted octanol–water partition coefficient (Wildman–Crippen LogP) is 5.99. The number of rotatable bonds is 11. The van der Waals surface area contributed by atoms with E-state index in [1.807, 2.05) is 61.5 Å². The second kappa shape index (κ2) is 13.1. The first-order chi connectivity index (χ1) is 16.8. The number of carbonyl (C=O) groups is 2. The largest absolute Gasteiger partial charge is 0.354 e. The molecular formula is C30H35ClN2O2. The zero-order valence-corrected chi connectivity index (χ0v) is 21.6. The summed E-state index contributed by atoms with van der Waals surface area (Å²) in [5.41, 5.74) is 4.12. The van der Waals surface area contributed by atoms with Crippen molar-refractivity contribution < 1.29 is 9.59 Å². The number of nitrogens with zero attached hydrogens (tertiary/aromatic N) is 1. The number of amides is 2. The van der Waals surface area contributed by atoms with Gasteiger partial charge in [-0.25, -0.2) is 0 Å². The summed E-state index contributed by atoms with van der Waals surface area (Å²) in [4.78, 5) is 28.8. The third-order valence-corrected chi connectivity index (χ3v) is 6.37. The van der Waals surface area contributed by atoms with Gasteiger partial charge in [0.1, 0.15) is 6.04 Å². The number of hydrogen-bond acceptors (Lipinski definition) is 2. The van der Waals surface area contributed by atoms with Crippen molar-refractivity contribution in [3.05, 3.63) is 106 Å². The van der Waals surface area contributed by atoms with Crippen molar-refractivity contribution in [1.29, 1.82) is 0 Å². The lowest BCUT2D eigenvalue weighted by Gasteiger charge is -2.32. The van der Waals surface area contributed by atoms with E-state index in [-0.39, 0.29) is 18.4 Å². The summed E-state index contributed by atoms with van der Waals surface area (Å²) < 4.78 is 0. The zero-order chi connectivity index (χ0) is 25.2. The molecule has 0 saturated heterocycles. The highest BCUT2D eigenvalue weighted by molar-refractivity contribution is 6.31. The first-order valence-electron chi connectivity index (χ1n) is 12.2. The van der Waals surface area contributed by atoms with Gasteiger partial charge in [-0.2, -0.15) is 0 Å². The van der Waals surface area contributed by atoms with Gasteiger partial charge in [-0.05, 0) is 42.0 Å². The first kappa shape index (κ1) is 26.5. The van der Waals surface area contributed by atoms with Crippen LogP contribution in [0.15, 0.2) is 78.9 Å². The highest BCUT2D eigenvalue weighted by Crippen LogP contribution is 2.21. The number of aryl methyl sites for hydroxylation is 2. The Morgan fingerprint density at radius 3 is 2.20 bits per heavy atom. The van der Waals surface area contributed by atoms with Crippen molar-refractivity contribution in [3.8, 4) is 0 Å². The lowest BCUT2D eigenvalue weighted by Crippen LogP contribution is -2.51. The summed E-state index contributed by atoms with van der Waals surface area (Å²) in [5.74, 6) is 0.106. The van der Waals surface area contributed by atoms with Gasteiger partial charge >= 0.3 is 0 Å². The summed E-state index contributed by atoms with van der Waals surface area (Å²) >= 11 is 6.47. The number of benzene rings is 3. The van der Waals surface area contributed by atoms with E-state index in [9.17, 15) is 9.59 Å². The number of hydrogen-bond donors (Lipinski definition) is 1. The third-order valence-electron chi connectivity index (χ3n) is 6.00. The van der Waals surface area contributed by atoms with E-state index in [1.165, 1.54) is 5.56 Å². The molecule has 3 aromatic rings. The van der Waals surface area contributed by atoms with Crippen LogP contribution in [0.3, 0.4) is 0 Å². The van der Waals surface area contributed by atoms with Crippen LogP contribution >= 0.6 is 11.6 Å². The van der Waals surface area contributed by atoms with E-state index in [0.29, 0.717) is 36.7 Å². The molecule has 0 fully saturated rings. The Labute approximate surface area is 214 Å². The maximum Gasteiger partial charge on any atom is 0.243 e. The Hall–Kier alpha value is -3.11. The van der Waals surface area contributed by atoms with Crippen LogP contribution in [0.4, 0.5) is 0 Å². The van der Waals surface area contributed by atoms with Crippen LogP contribution in [0, 0.1) is 12.8 Å². The molecule has 0 aliphatic rings. The van der Waals surface area contributed by atoms with Crippen LogP contribution in [0.5, 0.6) is 0 Å². The second-order valence-corrected chi connectivity index (χ2v) is 9.85. The number of carbonyl (C=O) groups excluding carboxylic acids is 2. The van der Waals surface area contributed by atoms with Crippen molar-refractivity contribution in [2.24, 2.45) is 5.92 Å². The molecule has 2 amide bonds. The highest BCUT2D eigenvalue weighted by Gasteiger charge is 2.30. The average Bonchev–Trinajstić information content (AvgIpc) is 2.85. The Morgan fingerprint density at radius 1 is 0.886 bits per heavy atom. The molecule has 1 N–H and O–H groups in total. The molecule has 0 saturated carbocycles. The molecule has 1 atom stereocenters. The van der Waals surface area contributed by atoms with E-state index < -0.39 is 6.04 Å². The second-order valence-electron chi connectivity index (χ2n) is 9.44. The minimum absolute atomic E-state index is 0.0638. The molecule has 0 spiro atoms. The summed E-state index contributed by atoms with van der Waals surface area (Å²) in [6.07, 6.45) is 1.37. The van der Waals surface area contributed by atoms with Gasteiger partial charge in [0.25, 0.3) is 0 Å². The molecule has 0 radical (unpaired) electrons. The van der Waals surface area contributed by atoms with Gasteiger partial charge in [-0.15, -0.1) is 0 Å². The topological polar surface area (TPSA) is 49.4 Å². The van der Waals surface area contributed by atoms with E-state index in [2.05, 4.69) is 43.4 Å². The minimum Gasteiger partial charge on any atom is -0.354 e. The van der Waals surface area contributed by atoms with Gasteiger partial charge in [-0.3, -0.25) is 9.59 Å². The molecule has 5 heteroatoms. The summed E-state index contributed by atoms with van der Waals surface area (Å²) in [6.45, 7) is 6.99. The van der Waals surface area contributed by atoms with Crippen molar-refractivity contribution >= 4 is 23.4 Å². The Balaban J connectivity index is 1.90. The quantitative estimate of drug-likeness (QED) is 0.358. The molecule has 0 heterocycles. The molecule has 35 heavy (non-hydrogen) atoms. The molecule has 0 aliphatic heterocycles. The van der Waals surface area contributed by atoms with Crippen LogP contribution in [0.25, 0.3) is 0 Å². The summed E-state index contributed by atoms with van der Waals surface area (Å²) in [6, 6.07) is 24.9. The smallest absolute Gasteiger partial charge is 0.243 e. The SMILES string of the molecule is Cc1ccc(CCC(=O)N(Cc2ccccc2Cl)[C@@H](Cc2ccccc2)C(=O)NCC(C)C)cc1. The molecule has 3 rings (SSSR count). The van der Waals surface area contributed by atoms with Crippen molar-refractivity contribution in [1.82, 2.24) is 10.2 Å². The molecule has 184 valence electrons. The van der Waals surface area contributed by atoms with Crippen molar-refractivity contribution in [3.63, 3.8) is 0 Å². The number of nitrogens with one attached hydrogen (secondary N) is 1. The standard InChI is InChI=1S/C30H35ClN2O2/c1-22(2)20-32-30(35)28(19-25-9-5-4-6-10-25)33(21-26-11-7-8-12-27(26)31)29(34)18-17-24-15-13-23(3)14-16-24/h4-16,22,28H,17-21H2,1-3H3,(H,32,35)/t28-/m0/s1. The first-order valence-corrected chi connectivity index (χ1v) is 12.6. The molecule has 0 aromatic heterocycles. The van der Waals surface area contributed by atoms with E-state index in [0.717, 1.165) is 16.7 Å². The monoisotopic (exact) mass is 490 g/mol. The van der Waals surface area contributed by atoms with Crippen LogP contribution in [-0.2, 0) is 29.0 Å². The average molecular weight is 491 g/mol. The van der Waals surface area contributed by atoms with Crippen LogP contribution in [-0.4, -0.2) is 29.3 Å². The Kier molecular flexibility index (Phi) is 9.92. The van der Waals surface area contributed by atoms with Gasteiger partial charge in [-0.1, -0.05) is 104 Å². The van der Waals surface area contributed by atoms with E-state index in [4.69, 9.17) is 11.6 Å². The third kappa shape index (κ3) is 8.25. The molecule has 4 nitrogen and oxygen atoms in total.